The maximum absolute atomic E-state index is 13.7. The fourth-order valence-corrected chi connectivity index (χ4v) is 17.3. The van der Waals surface area contributed by atoms with Gasteiger partial charge in [-0.15, -0.1) is 0 Å². The quantitative estimate of drug-likeness (QED) is 0.0396. The molecule has 8 aliphatic rings. The molecule has 10 heterocycles. The van der Waals surface area contributed by atoms with Gasteiger partial charge in [0.25, 0.3) is 23.6 Å². The molecule has 34 nitrogen and oxygen atoms in total. The van der Waals surface area contributed by atoms with Crippen molar-refractivity contribution >= 4 is 110 Å². The molecule has 13 N–H and O–H groups in total. The first-order chi connectivity index (χ1) is 62.0. The number of aromatic nitrogens is 4. The molecule has 36 heteroatoms. The first-order valence-corrected chi connectivity index (χ1v) is 43.4. The lowest BCUT2D eigenvalue weighted by atomic mass is 9.77. The minimum absolute atomic E-state index is 0.00234. The third kappa shape index (κ3) is 21.1. The minimum Gasteiger partial charge on any atom is -0.497 e. The van der Waals surface area contributed by atoms with E-state index in [4.69, 9.17) is 48.4 Å². The van der Waals surface area contributed by atoms with Gasteiger partial charge in [-0.25, -0.2) is 34.1 Å². The predicted octanol–water partition coefficient (Wildman–Crippen LogP) is 9.86. The Hall–Kier alpha value is -14.2. The van der Waals surface area contributed by atoms with E-state index < -0.39 is 28.0 Å². The number of urea groups is 1. The molecule has 0 bridgehead atoms. The third-order valence-electron chi connectivity index (χ3n) is 24.4. The standard InChI is InChI=1S/C25H29N5O3.C21H25N5O3.C20H25N5O2.C17H17FN6O.C11H12BrN3O/c1-33-16-21-8-5-11-29(21)22(31)18-12-17(13-27-14-18)15-30-23(32)25(20-9-10-20,28-24(30)26)19-6-3-2-4-7-19;1-21(2)18(27)26(19(22)25-21)13-15-6-4-14(5-7-15)12-23-20(28)24-16-8-10-17(29-3)11-9-16;1-20(11-17(26)24(2)19(21)23-20)14-7-5-9-25(12-14)18(27)16-10-13-6-3-4-8-15(13)22-16;1-17(8-15(25)23(2)16(20)21-17)14-7-13(22-24(14)3)11-4-10(9-19)5-12(18)6-11;1-15-10(16)6-9(14-11(15)13)7-3-2-4-8(12)5-7/h2-4,6-7,12-14,20-21H,5,8-11,15-16H2,1H3,(H2,26,28);4-11H,12-13H2,1-3H3,(H2,22,25)(H2,23,24,28);3-4,6,8,10,14,22H,5,7,9,11-12H2,1-2H3,(H2,21,23);4-7H,8H2,1-3H3,(H2,20,21);2-5,9H,6H2,1H3,(H2,13,14)/t21-,25?;;14?,20-;17-;9-/m1.000/s1. The van der Waals surface area contributed by atoms with E-state index in [1.165, 1.54) is 30.6 Å². The molecule has 1 saturated carbocycles. The van der Waals surface area contributed by atoms with Crippen molar-refractivity contribution in [2.45, 2.75) is 139 Å². The highest BCUT2D eigenvalue weighted by molar-refractivity contribution is 9.10. The summed E-state index contributed by atoms with van der Waals surface area (Å²) >= 11 is 3.40. The lowest BCUT2D eigenvalue weighted by molar-refractivity contribution is -0.133. The van der Waals surface area contributed by atoms with Crippen LogP contribution in [0.25, 0.3) is 22.2 Å². The number of aliphatic imine (C=N–C) groups is 5. The summed E-state index contributed by atoms with van der Waals surface area (Å²) in [6, 6.07) is 51.1. The Morgan fingerprint density at radius 3 is 1.95 bits per heavy atom. The first kappa shape index (κ1) is 93.4. The molecule has 130 heavy (non-hydrogen) atoms. The van der Waals surface area contributed by atoms with Gasteiger partial charge >= 0.3 is 6.03 Å². The number of nitriles is 1. The number of hydrogen-bond donors (Lipinski definition) is 8. The van der Waals surface area contributed by atoms with Crippen LogP contribution in [-0.2, 0) is 66.5 Å². The number of likely N-dealkylation sites (tertiary alicyclic amines) is 2. The molecular formula is C94H108BrFN24O10. The van der Waals surface area contributed by atoms with Gasteiger partial charge < -0.3 is 63.6 Å². The molecule has 2 saturated heterocycles. The van der Waals surface area contributed by atoms with Crippen molar-refractivity contribution < 1.29 is 52.2 Å². The number of para-hydroxylation sites is 1. The summed E-state index contributed by atoms with van der Waals surface area (Å²) in [6.45, 7) is 10.8. The number of piperidine rings is 1. The second-order valence-corrected chi connectivity index (χ2v) is 35.1. The Morgan fingerprint density at radius 1 is 0.638 bits per heavy atom. The van der Waals surface area contributed by atoms with Crippen molar-refractivity contribution in [1.29, 1.82) is 5.26 Å². The lowest BCUT2D eigenvalue weighted by Gasteiger charge is -2.43. The molecule has 0 spiro atoms. The number of hydrogen-bond acceptors (Lipinski definition) is 23. The zero-order chi connectivity index (χ0) is 93.3. The van der Waals surface area contributed by atoms with Gasteiger partial charge in [0.05, 0.1) is 92.3 Å². The monoisotopic (exact) mass is 1830 g/mol. The average Bonchev–Trinajstić information content (AvgIpc) is 1.56. The van der Waals surface area contributed by atoms with Crippen LogP contribution in [0, 0.1) is 29.0 Å². The Balaban J connectivity index is 0.000000141. The van der Waals surface area contributed by atoms with E-state index in [0.717, 1.165) is 93.5 Å². The minimum atomic E-state index is -0.949. The summed E-state index contributed by atoms with van der Waals surface area (Å²) in [5, 5.41) is 20.0. The summed E-state index contributed by atoms with van der Waals surface area (Å²) in [6.07, 6.45) is 9.72. The molecular weight excluding hydrogens is 1720 g/mol. The largest absolute Gasteiger partial charge is 0.497 e. The Bertz CT molecular complexity index is 5960. The van der Waals surface area contributed by atoms with Crippen molar-refractivity contribution in [2.75, 3.05) is 66.9 Å². The molecule has 9 aromatic rings. The fraction of sp³-hybridized carbons (Fsp3) is 0.362. The number of carbonyl (C=O) groups is 8. The number of fused-ring (bicyclic) bond motifs is 1. The SMILES string of the molecule is CN1C(=O)C[C@@H](c2cccc(Br)c2)N=C1N.CN1C(=O)C[C@@](C)(C2CCCN(C(=O)c3cc4ccccc4[nH]3)C2)N=C1N.CN1C(=O)C[C@@](C)(c2cc(-c3cc(F)cc(C#N)c3)nn2C)N=C1N.COC[C@H]1CCCN1C(=O)c1cncc(CN2C(=O)C(c3ccccc3)(C3CC3)N=C2N)c1.COc1ccc(NC(=O)NCc2ccc(CN3C(=O)C(C)(C)N=C3N)cc2)cc1. The number of nitrogens with one attached hydrogen (secondary N) is 3. The number of guanidine groups is 5. The van der Waals surface area contributed by atoms with Gasteiger partial charge in [0, 0.05) is 106 Å². The van der Waals surface area contributed by atoms with Crippen molar-refractivity contribution in [2.24, 2.45) is 72.5 Å². The van der Waals surface area contributed by atoms with E-state index >= 15 is 0 Å². The second-order valence-electron chi connectivity index (χ2n) is 34.2. The van der Waals surface area contributed by atoms with Crippen LogP contribution >= 0.6 is 15.9 Å². The number of methoxy groups -OCH3 is 2. The van der Waals surface area contributed by atoms with Gasteiger partial charge in [0.15, 0.2) is 35.3 Å². The normalized spacial score (nSPS) is 21.7. The van der Waals surface area contributed by atoms with Crippen LogP contribution < -0.4 is 44.0 Å². The topological polar surface area (TPSA) is 464 Å². The molecule has 678 valence electrons. The van der Waals surface area contributed by atoms with E-state index in [-0.39, 0.29) is 120 Å². The van der Waals surface area contributed by atoms with E-state index in [2.05, 4.69) is 61.6 Å². The van der Waals surface area contributed by atoms with Crippen LogP contribution in [0.3, 0.4) is 0 Å². The Labute approximate surface area is 761 Å². The number of pyridine rings is 1. The summed E-state index contributed by atoms with van der Waals surface area (Å²) in [4.78, 5) is 141. The fourth-order valence-electron chi connectivity index (χ4n) is 16.9. The average molecular weight is 1830 g/mol. The van der Waals surface area contributed by atoms with Crippen molar-refractivity contribution in [1.82, 2.24) is 59.4 Å². The van der Waals surface area contributed by atoms with Crippen LogP contribution in [0.4, 0.5) is 14.9 Å². The predicted molar refractivity (Wildman–Crippen MR) is 495 cm³/mol. The maximum Gasteiger partial charge on any atom is 0.319 e. The first-order valence-electron chi connectivity index (χ1n) is 42.6. The number of aromatic amines is 1. The van der Waals surface area contributed by atoms with Gasteiger partial charge in [0.1, 0.15) is 28.3 Å². The highest BCUT2D eigenvalue weighted by Crippen LogP contribution is 2.52. The van der Waals surface area contributed by atoms with Crippen LogP contribution in [0.15, 0.2) is 206 Å². The van der Waals surface area contributed by atoms with Gasteiger partial charge in [-0.05, 0) is 179 Å². The number of nitrogens with zero attached hydrogens (tertiary/aromatic N) is 16. The van der Waals surface area contributed by atoms with Gasteiger partial charge in [0.2, 0.25) is 17.7 Å². The number of rotatable bonds is 18. The summed E-state index contributed by atoms with van der Waals surface area (Å²) in [5.41, 5.74) is 35.6. The van der Waals surface area contributed by atoms with Crippen molar-refractivity contribution in [3.63, 3.8) is 0 Å². The molecule has 3 aromatic heterocycles. The second kappa shape index (κ2) is 39.6. The molecule has 1 aliphatic carbocycles. The number of carbonyl (C=O) groups excluding carboxylic acids is 8. The number of halogens is 2. The number of aryl methyl sites for hydroxylation is 1. The van der Waals surface area contributed by atoms with E-state index in [0.29, 0.717) is 86.1 Å². The maximum atomic E-state index is 13.7. The highest BCUT2D eigenvalue weighted by atomic mass is 79.9. The van der Waals surface area contributed by atoms with Crippen molar-refractivity contribution in [3.8, 4) is 23.1 Å². The number of ether oxygens (including phenoxy) is 2. The van der Waals surface area contributed by atoms with E-state index in [9.17, 15) is 42.7 Å². The smallest absolute Gasteiger partial charge is 0.319 e. The molecule has 9 amide bonds. The van der Waals surface area contributed by atoms with Crippen LogP contribution in [0.1, 0.15) is 151 Å². The zero-order valence-electron chi connectivity index (χ0n) is 74.2. The number of H-pyrrole nitrogens is 1. The number of nitrogens with two attached hydrogens (primary N) is 5. The molecule has 6 atom stereocenters. The van der Waals surface area contributed by atoms with Crippen LogP contribution in [-0.4, -0.2) is 210 Å². The number of anilines is 1. The van der Waals surface area contributed by atoms with Gasteiger partial charge in [-0.1, -0.05) is 101 Å². The highest BCUT2D eigenvalue weighted by Gasteiger charge is 2.58. The zero-order valence-corrected chi connectivity index (χ0v) is 75.8. The third-order valence-corrected chi connectivity index (χ3v) is 24.9. The summed E-state index contributed by atoms with van der Waals surface area (Å²) < 4.78 is 26.7. The Morgan fingerprint density at radius 2 is 1.30 bits per heavy atom. The van der Waals surface area contributed by atoms with Gasteiger partial charge in [-0.3, -0.25) is 67.7 Å². The molecule has 17 rings (SSSR count). The van der Waals surface area contributed by atoms with Crippen LogP contribution in [0.2, 0.25) is 0 Å². The molecule has 3 fully saturated rings. The van der Waals surface area contributed by atoms with E-state index in [1.807, 2.05) is 132 Å². The Kier molecular flexibility index (Phi) is 28.4. The molecule has 2 unspecified atom stereocenters. The lowest BCUT2D eigenvalue weighted by Crippen LogP contribution is -2.54. The molecule has 0 radical (unpaired) electrons. The number of benzene rings is 6. The van der Waals surface area contributed by atoms with E-state index in [1.54, 1.807) is 123 Å². The summed E-state index contributed by atoms with van der Waals surface area (Å²) in [7, 11) is 9.83. The van der Waals surface area contributed by atoms with Crippen LogP contribution in [0.5, 0.6) is 5.75 Å². The summed E-state index contributed by atoms with van der Waals surface area (Å²) in [5.74, 6) is 1.16. The van der Waals surface area contributed by atoms with Gasteiger partial charge in [-0.2, -0.15) is 10.4 Å². The van der Waals surface area contributed by atoms with Crippen molar-refractivity contribution in [3.05, 3.63) is 237 Å². The number of amides is 9. The molecule has 7 aliphatic heterocycles. The molecule has 6 aromatic carbocycles.